The number of H-pyrrole nitrogens is 1. The van der Waals surface area contributed by atoms with E-state index in [0.29, 0.717) is 31.6 Å². The minimum Gasteiger partial charge on any atom is -0.444 e. The number of hydrazine groups is 1. The van der Waals surface area contributed by atoms with E-state index in [4.69, 9.17) is 4.74 Å². The van der Waals surface area contributed by atoms with E-state index in [-0.39, 0.29) is 17.9 Å². The number of aromatic amines is 1. The molecular weight excluding hydrogens is 410 g/mol. The number of anilines is 1. The minimum atomic E-state index is -0.793. The monoisotopic (exact) mass is 443 g/mol. The number of carbonyl (C=O) groups is 3. The van der Waals surface area contributed by atoms with Crippen LogP contribution in [0.2, 0.25) is 0 Å². The van der Waals surface area contributed by atoms with Gasteiger partial charge in [-0.3, -0.25) is 4.79 Å². The van der Waals surface area contributed by atoms with Crippen molar-refractivity contribution < 1.29 is 19.1 Å². The molecule has 2 aromatic rings. The van der Waals surface area contributed by atoms with Crippen molar-refractivity contribution >= 4 is 34.6 Å². The second-order valence-electron chi connectivity index (χ2n) is 9.16. The largest absolute Gasteiger partial charge is 0.444 e. The van der Waals surface area contributed by atoms with Crippen molar-refractivity contribution in [3.05, 3.63) is 30.5 Å². The van der Waals surface area contributed by atoms with Crippen LogP contribution < -0.4 is 10.6 Å². The molecule has 1 aromatic carbocycles. The third-order valence-corrected chi connectivity index (χ3v) is 5.48. The molecular formula is C23H33N5O4. The Kier molecular flexibility index (Phi) is 6.96. The van der Waals surface area contributed by atoms with Crippen molar-refractivity contribution in [3.8, 4) is 0 Å². The number of urea groups is 1. The van der Waals surface area contributed by atoms with E-state index in [9.17, 15) is 14.4 Å². The molecule has 2 atom stereocenters. The number of alkyl carbamates (subject to hydrolysis) is 1. The Morgan fingerprint density at radius 2 is 1.88 bits per heavy atom. The molecule has 9 nitrogen and oxygen atoms in total. The van der Waals surface area contributed by atoms with Crippen molar-refractivity contribution in [1.82, 2.24) is 20.3 Å². The zero-order valence-electron chi connectivity index (χ0n) is 19.4. The van der Waals surface area contributed by atoms with Crippen molar-refractivity contribution in [3.63, 3.8) is 0 Å². The minimum absolute atomic E-state index is 0.129. The van der Waals surface area contributed by atoms with Crippen molar-refractivity contribution in [2.75, 3.05) is 18.4 Å². The zero-order chi connectivity index (χ0) is 23.5. The number of ether oxygens (including phenoxy) is 1. The van der Waals surface area contributed by atoms with Crippen LogP contribution in [-0.2, 0) is 9.53 Å². The van der Waals surface area contributed by atoms with E-state index in [2.05, 4.69) is 15.6 Å². The standard InChI is InChI=1S/C23H33N5O4/c1-6-15(2)19(26-22(31)32-23(3,4)5)20(29)27-12-7-13-28(27)21(30)25-17-9-8-16-10-11-24-18(16)14-17/h8-11,14-15,19,24H,6-7,12-13H2,1-5H3,(H,25,30)(H,26,31). The Morgan fingerprint density at radius 1 is 1.16 bits per heavy atom. The summed E-state index contributed by atoms with van der Waals surface area (Å²) in [5.41, 5.74) is 0.873. The molecule has 174 valence electrons. The van der Waals surface area contributed by atoms with E-state index >= 15 is 0 Å². The quantitative estimate of drug-likeness (QED) is 0.647. The first-order valence-electron chi connectivity index (χ1n) is 11.1. The topological polar surface area (TPSA) is 107 Å². The van der Waals surface area contributed by atoms with E-state index in [1.165, 1.54) is 10.0 Å². The molecule has 1 saturated heterocycles. The van der Waals surface area contributed by atoms with Crippen molar-refractivity contribution in [1.29, 1.82) is 0 Å². The number of benzene rings is 1. The van der Waals surface area contributed by atoms with Gasteiger partial charge in [-0.05, 0) is 56.7 Å². The van der Waals surface area contributed by atoms with Crippen LogP contribution in [0.1, 0.15) is 47.5 Å². The number of hydrogen-bond donors (Lipinski definition) is 3. The Bertz CT molecular complexity index is 980. The molecule has 0 bridgehead atoms. The molecule has 3 rings (SSSR count). The predicted molar refractivity (Wildman–Crippen MR) is 123 cm³/mol. The summed E-state index contributed by atoms with van der Waals surface area (Å²) in [5.74, 6) is -0.450. The maximum Gasteiger partial charge on any atom is 0.408 e. The molecule has 1 aliphatic rings. The van der Waals surface area contributed by atoms with Crippen LogP contribution >= 0.6 is 0 Å². The van der Waals surface area contributed by atoms with Gasteiger partial charge in [0.05, 0.1) is 0 Å². The number of hydrogen-bond acceptors (Lipinski definition) is 4. The molecule has 3 N–H and O–H groups in total. The summed E-state index contributed by atoms with van der Waals surface area (Å²) in [6.07, 6.45) is 2.53. The van der Waals surface area contributed by atoms with E-state index < -0.39 is 17.7 Å². The molecule has 0 saturated carbocycles. The highest BCUT2D eigenvalue weighted by Gasteiger charge is 2.38. The highest BCUT2D eigenvalue weighted by atomic mass is 16.6. The molecule has 9 heteroatoms. The van der Waals surface area contributed by atoms with Gasteiger partial charge in [0.15, 0.2) is 0 Å². The van der Waals surface area contributed by atoms with Crippen LogP contribution in [0.3, 0.4) is 0 Å². The summed E-state index contributed by atoms with van der Waals surface area (Å²) in [6.45, 7) is 9.98. The lowest BCUT2D eigenvalue weighted by atomic mass is 9.98. The fourth-order valence-electron chi connectivity index (χ4n) is 3.64. The zero-order valence-corrected chi connectivity index (χ0v) is 19.4. The molecule has 2 unspecified atom stereocenters. The summed E-state index contributed by atoms with van der Waals surface area (Å²) >= 11 is 0. The number of fused-ring (bicyclic) bond motifs is 1. The summed E-state index contributed by atoms with van der Waals surface area (Å²) in [4.78, 5) is 41.8. The lowest BCUT2D eigenvalue weighted by molar-refractivity contribution is -0.143. The smallest absolute Gasteiger partial charge is 0.408 e. The summed E-state index contributed by atoms with van der Waals surface area (Å²) < 4.78 is 5.34. The Labute approximate surface area is 188 Å². The van der Waals surface area contributed by atoms with Gasteiger partial charge in [0, 0.05) is 30.5 Å². The first kappa shape index (κ1) is 23.4. The van der Waals surface area contributed by atoms with Crippen LogP contribution in [0.25, 0.3) is 10.9 Å². The molecule has 1 aliphatic heterocycles. The van der Waals surface area contributed by atoms with E-state index in [0.717, 1.165) is 10.9 Å². The SMILES string of the molecule is CCC(C)C(NC(=O)OC(C)(C)C)C(=O)N1CCCN1C(=O)Nc1ccc2cc[nH]c2c1. The number of amides is 4. The number of carbonyl (C=O) groups excluding carboxylic acids is 3. The average Bonchev–Trinajstić information content (AvgIpc) is 3.38. The van der Waals surface area contributed by atoms with Crippen LogP contribution in [0.5, 0.6) is 0 Å². The van der Waals surface area contributed by atoms with E-state index in [1.54, 1.807) is 20.8 Å². The van der Waals surface area contributed by atoms with Crippen LogP contribution in [0, 0.1) is 5.92 Å². The highest BCUT2D eigenvalue weighted by Crippen LogP contribution is 2.21. The maximum absolute atomic E-state index is 13.4. The third kappa shape index (κ3) is 5.52. The number of aromatic nitrogens is 1. The number of rotatable bonds is 5. The lowest BCUT2D eigenvalue weighted by Crippen LogP contribution is -2.56. The molecule has 0 radical (unpaired) electrons. The van der Waals surface area contributed by atoms with Gasteiger partial charge in [-0.25, -0.2) is 19.6 Å². The van der Waals surface area contributed by atoms with Gasteiger partial charge in [0.25, 0.3) is 5.91 Å². The van der Waals surface area contributed by atoms with Gasteiger partial charge < -0.3 is 20.4 Å². The van der Waals surface area contributed by atoms with Gasteiger partial charge in [0.1, 0.15) is 11.6 Å². The molecule has 0 spiro atoms. The summed E-state index contributed by atoms with van der Waals surface area (Å²) in [7, 11) is 0. The van der Waals surface area contributed by atoms with Gasteiger partial charge in [-0.2, -0.15) is 0 Å². The Balaban J connectivity index is 1.72. The fraction of sp³-hybridized carbons (Fsp3) is 0.522. The van der Waals surface area contributed by atoms with Gasteiger partial charge >= 0.3 is 12.1 Å². The van der Waals surface area contributed by atoms with Gasteiger partial charge in [0.2, 0.25) is 0 Å². The first-order valence-corrected chi connectivity index (χ1v) is 11.1. The summed E-state index contributed by atoms with van der Waals surface area (Å²) in [5, 5.41) is 9.46. The maximum atomic E-state index is 13.4. The normalized spacial score (nSPS) is 16.0. The number of nitrogens with zero attached hydrogens (tertiary/aromatic N) is 2. The third-order valence-electron chi connectivity index (χ3n) is 5.48. The molecule has 0 aliphatic carbocycles. The van der Waals surface area contributed by atoms with Crippen LogP contribution in [0.15, 0.2) is 30.5 Å². The van der Waals surface area contributed by atoms with Gasteiger partial charge in [-0.1, -0.05) is 26.3 Å². The molecule has 4 amide bonds. The van der Waals surface area contributed by atoms with Gasteiger partial charge in [-0.15, -0.1) is 0 Å². The molecule has 2 heterocycles. The second-order valence-corrected chi connectivity index (χ2v) is 9.16. The number of nitrogens with one attached hydrogen (secondary N) is 3. The Hall–Kier alpha value is -3.23. The van der Waals surface area contributed by atoms with E-state index in [1.807, 2.05) is 44.3 Å². The van der Waals surface area contributed by atoms with Crippen molar-refractivity contribution in [2.45, 2.75) is 59.1 Å². The second kappa shape index (κ2) is 9.50. The average molecular weight is 444 g/mol. The first-order chi connectivity index (χ1) is 15.1. The fourth-order valence-corrected chi connectivity index (χ4v) is 3.64. The van der Waals surface area contributed by atoms with Crippen LogP contribution in [-0.4, -0.2) is 57.8 Å². The lowest BCUT2D eigenvalue weighted by Gasteiger charge is -2.33. The predicted octanol–water partition coefficient (Wildman–Crippen LogP) is 4.09. The summed E-state index contributed by atoms with van der Waals surface area (Å²) in [6, 6.07) is 6.36. The van der Waals surface area contributed by atoms with Crippen molar-refractivity contribution in [2.24, 2.45) is 5.92 Å². The molecule has 1 aromatic heterocycles. The molecule has 32 heavy (non-hydrogen) atoms. The highest BCUT2D eigenvalue weighted by molar-refractivity contribution is 5.95. The Morgan fingerprint density at radius 3 is 2.56 bits per heavy atom. The molecule has 1 fully saturated rings. The van der Waals surface area contributed by atoms with Crippen LogP contribution in [0.4, 0.5) is 15.3 Å².